The molecule has 0 amide bonds. The molecular formula is C11H22N2O3. The van der Waals surface area contributed by atoms with Crippen molar-refractivity contribution in [3.8, 4) is 0 Å². The number of hydrogen-bond donors (Lipinski definition) is 2. The van der Waals surface area contributed by atoms with E-state index in [0.29, 0.717) is 19.7 Å². The van der Waals surface area contributed by atoms with Crippen LogP contribution >= 0.6 is 0 Å². The monoisotopic (exact) mass is 230 g/mol. The van der Waals surface area contributed by atoms with E-state index in [-0.39, 0.29) is 12.1 Å². The van der Waals surface area contributed by atoms with Crippen molar-refractivity contribution in [1.82, 2.24) is 10.2 Å². The zero-order valence-corrected chi connectivity index (χ0v) is 10.3. The Morgan fingerprint density at radius 2 is 2.31 bits per heavy atom. The summed E-state index contributed by atoms with van der Waals surface area (Å²) >= 11 is 0. The van der Waals surface area contributed by atoms with Gasteiger partial charge in [-0.05, 0) is 20.4 Å². The number of aliphatic carboxylic acids is 1. The minimum absolute atomic E-state index is 0.187. The fourth-order valence-electron chi connectivity index (χ4n) is 1.94. The normalized spacial score (nSPS) is 28.9. The van der Waals surface area contributed by atoms with E-state index in [1.165, 1.54) is 0 Å². The van der Waals surface area contributed by atoms with Gasteiger partial charge in [-0.25, -0.2) is 0 Å². The van der Waals surface area contributed by atoms with Gasteiger partial charge in [0.25, 0.3) is 0 Å². The Balaban J connectivity index is 2.51. The molecule has 3 unspecified atom stereocenters. The van der Waals surface area contributed by atoms with Crippen LogP contribution in [0.1, 0.15) is 20.8 Å². The van der Waals surface area contributed by atoms with Crippen molar-refractivity contribution < 1.29 is 14.6 Å². The average molecular weight is 230 g/mol. The highest BCUT2D eigenvalue weighted by atomic mass is 16.5. The lowest BCUT2D eigenvalue weighted by Crippen LogP contribution is -2.54. The van der Waals surface area contributed by atoms with Crippen molar-refractivity contribution in [3.05, 3.63) is 0 Å². The van der Waals surface area contributed by atoms with Gasteiger partial charge in [-0.15, -0.1) is 0 Å². The predicted molar refractivity (Wildman–Crippen MR) is 61.5 cm³/mol. The van der Waals surface area contributed by atoms with E-state index in [1.807, 2.05) is 13.8 Å². The lowest BCUT2D eigenvalue weighted by Gasteiger charge is -2.38. The molecule has 94 valence electrons. The van der Waals surface area contributed by atoms with Crippen LogP contribution in [0.3, 0.4) is 0 Å². The maximum atomic E-state index is 11.0. The van der Waals surface area contributed by atoms with Gasteiger partial charge in [-0.1, -0.05) is 6.92 Å². The zero-order valence-electron chi connectivity index (χ0n) is 10.3. The second kappa shape index (κ2) is 6.18. The predicted octanol–water partition coefficient (Wildman–Crippen LogP) is 0.158. The lowest BCUT2D eigenvalue weighted by molar-refractivity contribution is -0.141. The summed E-state index contributed by atoms with van der Waals surface area (Å²) in [7, 11) is 0. The molecule has 0 aliphatic carbocycles. The number of hydrogen-bond acceptors (Lipinski definition) is 4. The summed E-state index contributed by atoms with van der Waals surface area (Å²) in [6.07, 6.45) is 0.187. The number of likely N-dealkylation sites (N-methyl/N-ethyl adjacent to an activating group) is 1. The van der Waals surface area contributed by atoms with Crippen LogP contribution in [0.2, 0.25) is 0 Å². The number of rotatable bonds is 5. The van der Waals surface area contributed by atoms with E-state index < -0.39 is 12.0 Å². The van der Waals surface area contributed by atoms with Gasteiger partial charge in [-0.3, -0.25) is 9.69 Å². The molecule has 16 heavy (non-hydrogen) atoms. The van der Waals surface area contributed by atoms with Gasteiger partial charge in [-0.2, -0.15) is 0 Å². The highest BCUT2D eigenvalue weighted by molar-refractivity contribution is 5.73. The highest BCUT2D eigenvalue weighted by Crippen LogP contribution is 2.11. The molecule has 0 bridgehead atoms. The first-order valence-electron chi connectivity index (χ1n) is 5.86. The number of nitrogens with zero attached hydrogens (tertiary/aromatic N) is 1. The molecule has 5 nitrogen and oxygen atoms in total. The summed E-state index contributed by atoms with van der Waals surface area (Å²) in [5.41, 5.74) is 0. The summed E-state index contributed by atoms with van der Waals surface area (Å²) in [4.78, 5) is 13.2. The number of morpholine rings is 1. The fourth-order valence-corrected chi connectivity index (χ4v) is 1.94. The quantitative estimate of drug-likeness (QED) is 0.704. The molecule has 1 aliphatic rings. The molecule has 1 rings (SSSR count). The van der Waals surface area contributed by atoms with E-state index >= 15 is 0 Å². The van der Waals surface area contributed by atoms with Crippen molar-refractivity contribution in [3.63, 3.8) is 0 Å². The molecule has 3 atom stereocenters. The van der Waals surface area contributed by atoms with Gasteiger partial charge in [0.15, 0.2) is 0 Å². The SMILES string of the molecule is CCNC(CN1CC(C)OCC1C)C(=O)O. The molecule has 1 heterocycles. The van der Waals surface area contributed by atoms with E-state index in [1.54, 1.807) is 0 Å². The zero-order chi connectivity index (χ0) is 12.1. The number of carboxylic acids is 1. The van der Waals surface area contributed by atoms with E-state index in [4.69, 9.17) is 9.84 Å². The van der Waals surface area contributed by atoms with Crippen LogP contribution in [-0.4, -0.2) is 60.4 Å². The minimum Gasteiger partial charge on any atom is -0.480 e. The molecule has 2 N–H and O–H groups in total. The lowest BCUT2D eigenvalue weighted by atomic mass is 10.1. The Bertz CT molecular complexity index is 235. The van der Waals surface area contributed by atoms with Gasteiger partial charge in [0.05, 0.1) is 12.7 Å². The summed E-state index contributed by atoms with van der Waals surface area (Å²) in [6, 6.07) is -0.200. The van der Waals surface area contributed by atoms with E-state index in [9.17, 15) is 4.79 Å². The minimum atomic E-state index is -0.784. The second-order valence-electron chi connectivity index (χ2n) is 4.40. The van der Waals surface area contributed by atoms with Crippen molar-refractivity contribution in [2.45, 2.75) is 39.0 Å². The third kappa shape index (κ3) is 3.73. The third-order valence-electron chi connectivity index (χ3n) is 2.90. The van der Waals surface area contributed by atoms with Crippen LogP contribution < -0.4 is 5.32 Å². The molecule has 1 saturated heterocycles. The molecule has 5 heteroatoms. The van der Waals surface area contributed by atoms with Gasteiger partial charge < -0.3 is 15.2 Å². The molecular weight excluding hydrogens is 208 g/mol. The summed E-state index contributed by atoms with van der Waals surface area (Å²) in [5, 5.41) is 12.0. The van der Waals surface area contributed by atoms with Gasteiger partial charge in [0, 0.05) is 19.1 Å². The Hall–Kier alpha value is -0.650. The topological polar surface area (TPSA) is 61.8 Å². The Labute approximate surface area is 96.8 Å². The van der Waals surface area contributed by atoms with Crippen LogP contribution in [0.25, 0.3) is 0 Å². The molecule has 0 aromatic heterocycles. The van der Waals surface area contributed by atoms with Gasteiger partial charge in [0.2, 0.25) is 0 Å². The molecule has 0 saturated carbocycles. The number of carbonyl (C=O) groups is 1. The third-order valence-corrected chi connectivity index (χ3v) is 2.90. The Morgan fingerprint density at radius 1 is 1.62 bits per heavy atom. The molecule has 0 aromatic carbocycles. The summed E-state index contributed by atoms with van der Waals surface area (Å²) < 4.78 is 5.51. The maximum absolute atomic E-state index is 11.0. The highest BCUT2D eigenvalue weighted by Gasteiger charge is 2.27. The Kier molecular flexibility index (Phi) is 5.18. The van der Waals surface area contributed by atoms with Crippen LogP contribution in [0.5, 0.6) is 0 Å². The molecule has 0 radical (unpaired) electrons. The first-order valence-corrected chi connectivity index (χ1v) is 5.86. The first kappa shape index (κ1) is 13.4. The number of ether oxygens (including phenoxy) is 1. The number of nitrogens with one attached hydrogen (secondary N) is 1. The van der Waals surface area contributed by atoms with Crippen LogP contribution in [0.15, 0.2) is 0 Å². The fraction of sp³-hybridized carbons (Fsp3) is 0.909. The van der Waals surface area contributed by atoms with E-state index in [2.05, 4.69) is 17.1 Å². The van der Waals surface area contributed by atoms with Crippen LogP contribution in [-0.2, 0) is 9.53 Å². The Morgan fingerprint density at radius 3 is 2.88 bits per heavy atom. The summed E-state index contributed by atoms with van der Waals surface area (Å²) in [6.45, 7) is 8.69. The maximum Gasteiger partial charge on any atom is 0.322 e. The van der Waals surface area contributed by atoms with Gasteiger partial charge >= 0.3 is 5.97 Å². The van der Waals surface area contributed by atoms with Crippen LogP contribution in [0.4, 0.5) is 0 Å². The largest absolute Gasteiger partial charge is 0.480 e. The van der Waals surface area contributed by atoms with Crippen molar-refractivity contribution in [2.75, 3.05) is 26.2 Å². The molecule has 0 aromatic rings. The molecule has 1 aliphatic heterocycles. The molecule has 0 spiro atoms. The summed E-state index contributed by atoms with van der Waals surface area (Å²) in [5.74, 6) is -0.784. The van der Waals surface area contributed by atoms with E-state index in [0.717, 1.165) is 6.54 Å². The van der Waals surface area contributed by atoms with Crippen LogP contribution in [0, 0.1) is 0 Å². The first-order chi connectivity index (χ1) is 7.54. The number of carboxylic acid groups (broad SMARTS) is 1. The van der Waals surface area contributed by atoms with Crippen molar-refractivity contribution >= 4 is 5.97 Å². The molecule has 1 fully saturated rings. The van der Waals surface area contributed by atoms with Crippen molar-refractivity contribution in [2.24, 2.45) is 0 Å². The standard InChI is InChI=1S/C11H22N2O3/c1-4-12-10(11(14)15)6-13-5-9(3)16-7-8(13)2/h8-10,12H,4-7H2,1-3H3,(H,14,15). The smallest absolute Gasteiger partial charge is 0.322 e. The second-order valence-corrected chi connectivity index (χ2v) is 4.40. The van der Waals surface area contributed by atoms with Crippen molar-refractivity contribution in [1.29, 1.82) is 0 Å². The average Bonchev–Trinajstić information content (AvgIpc) is 2.22. The van der Waals surface area contributed by atoms with Gasteiger partial charge in [0.1, 0.15) is 6.04 Å².